The Bertz CT molecular complexity index is 417. The molecule has 0 N–H and O–H groups in total. The highest BCUT2D eigenvalue weighted by Crippen LogP contribution is 2.29. The van der Waals surface area contributed by atoms with Crippen LogP contribution in [0.4, 0.5) is 0 Å². The van der Waals surface area contributed by atoms with E-state index < -0.39 is 0 Å². The van der Waals surface area contributed by atoms with Crippen LogP contribution in [-0.4, -0.2) is 12.4 Å². The van der Waals surface area contributed by atoms with E-state index >= 15 is 0 Å². The van der Waals surface area contributed by atoms with Gasteiger partial charge in [-0.05, 0) is 43.4 Å². The predicted octanol–water partition coefficient (Wildman–Crippen LogP) is 3.88. The molecule has 1 aliphatic rings. The van der Waals surface area contributed by atoms with E-state index in [0.717, 1.165) is 34.0 Å². The summed E-state index contributed by atoms with van der Waals surface area (Å²) in [5, 5.41) is 0. The zero-order chi connectivity index (χ0) is 12.4. The topological polar surface area (TPSA) is 26.3 Å². The molecule has 1 heterocycles. The zero-order valence-corrected chi connectivity index (χ0v) is 11.8. The molecule has 1 atom stereocenters. The molecule has 2 nitrogen and oxygen atoms in total. The number of Topliss-reactive ketones (excluding diaryl/α,β-unsaturated/α-hetero) is 1. The quantitative estimate of drug-likeness (QED) is 0.786. The molecule has 0 bridgehead atoms. The predicted molar refractivity (Wildman–Crippen MR) is 71.2 cm³/mol. The van der Waals surface area contributed by atoms with Crippen molar-refractivity contribution in [1.82, 2.24) is 0 Å². The van der Waals surface area contributed by atoms with E-state index in [1.807, 2.05) is 26.0 Å². The van der Waals surface area contributed by atoms with Crippen molar-refractivity contribution in [2.45, 2.75) is 39.2 Å². The first-order chi connectivity index (χ1) is 8.09. The van der Waals surface area contributed by atoms with Crippen LogP contribution in [0.3, 0.4) is 0 Å². The lowest BCUT2D eigenvalue weighted by Gasteiger charge is -2.16. The fraction of sp³-hybridized carbons (Fsp3) is 0.500. The van der Waals surface area contributed by atoms with Crippen LogP contribution in [0.2, 0.25) is 0 Å². The summed E-state index contributed by atoms with van der Waals surface area (Å²) in [5.74, 6) is 0.212. The summed E-state index contributed by atoms with van der Waals surface area (Å²) in [5.41, 5.74) is 3.30. The summed E-state index contributed by atoms with van der Waals surface area (Å²) in [6.45, 7) is 4.77. The van der Waals surface area contributed by atoms with E-state index in [4.69, 9.17) is 4.74 Å². The van der Waals surface area contributed by atoms with Crippen LogP contribution in [0.25, 0.3) is 0 Å². The Kier molecular flexibility index (Phi) is 4.00. The van der Waals surface area contributed by atoms with Crippen molar-refractivity contribution >= 4 is 21.7 Å². The molecule has 17 heavy (non-hydrogen) atoms. The van der Waals surface area contributed by atoms with Gasteiger partial charge in [0.2, 0.25) is 0 Å². The summed E-state index contributed by atoms with van der Waals surface area (Å²) in [4.78, 5) is 12.0. The standard InChI is InChI=1S/C14H17BrO2/c1-9-7-11(8-10(2)13(9)15)14-12(16)5-3-4-6-17-14/h7-8,14H,3-6H2,1-2H3. The van der Waals surface area contributed by atoms with Gasteiger partial charge >= 0.3 is 0 Å². The number of hydrogen-bond donors (Lipinski definition) is 0. The molecule has 0 saturated carbocycles. The molecule has 1 fully saturated rings. The largest absolute Gasteiger partial charge is 0.366 e. The minimum atomic E-state index is -0.358. The molecule has 0 radical (unpaired) electrons. The van der Waals surface area contributed by atoms with Crippen molar-refractivity contribution in [1.29, 1.82) is 0 Å². The minimum absolute atomic E-state index is 0.212. The van der Waals surface area contributed by atoms with Crippen LogP contribution in [0.5, 0.6) is 0 Å². The number of ether oxygens (including phenoxy) is 1. The van der Waals surface area contributed by atoms with Crippen molar-refractivity contribution in [2.75, 3.05) is 6.61 Å². The Balaban J connectivity index is 2.35. The summed E-state index contributed by atoms with van der Waals surface area (Å²) in [7, 11) is 0. The van der Waals surface area contributed by atoms with Crippen LogP contribution < -0.4 is 0 Å². The highest BCUT2D eigenvalue weighted by atomic mass is 79.9. The van der Waals surface area contributed by atoms with Crippen LogP contribution >= 0.6 is 15.9 Å². The van der Waals surface area contributed by atoms with Crippen LogP contribution in [-0.2, 0) is 9.53 Å². The summed E-state index contributed by atoms with van der Waals surface area (Å²) >= 11 is 3.54. The number of benzene rings is 1. The molecule has 1 aromatic carbocycles. The van der Waals surface area contributed by atoms with Crippen LogP contribution in [0, 0.1) is 13.8 Å². The number of ketones is 1. The van der Waals surface area contributed by atoms with Gasteiger partial charge in [-0.1, -0.05) is 28.1 Å². The number of aryl methyl sites for hydroxylation is 2. The van der Waals surface area contributed by atoms with Gasteiger partial charge in [0.05, 0.1) is 0 Å². The smallest absolute Gasteiger partial charge is 0.166 e. The van der Waals surface area contributed by atoms with Crippen molar-refractivity contribution < 1.29 is 9.53 Å². The molecule has 2 rings (SSSR count). The molecule has 92 valence electrons. The van der Waals surface area contributed by atoms with E-state index in [0.29, 0.717) is 13.0 Å². The maximum Gasteiger partial charge on any atom is 0.166 e. The molecule has 1 saturated heterocycles. The second-order valence-corrected chi connectivity index (χ2v) is 5.44. The first-order valence-electron chi connectivity index (χ1n) is 6.00. The minimum Gasteiger partial charge on any atom is -0.366 e. The Morgan fingerprint density at radius 2 is 1.88 bits per heavy atom. The van der Waals surface area contributed by atoms with E-state index in [9.17, 15) is 4.79 Å². The third-order valence-corrected chi connectivity index (χ3v) is 4.41. The average molecular weight is 297 g/mol. The third-order valence-electron chi connectivity index (χ3n) is 3.16. The number of rotatable bonds is 1. The van der Waals surface area contributed by atoms with Gasteiger partial charge in [0, 0.05) is 17.5 Å². The molecule has 3 heteroatoms. The molecular weight excluding hydrogens is 280 g/mol. The Morgan fingerprint density at radius 1 is 1.24 bits per heavy atom. The molecular formula is C14H17BrO2. The number of halogens is 1. The number of hydrogen-bond acceptors (Lipinski definition) is 2. The Labute approximate surface area is 110 Å². The number of carbonyl (C=O) groups is 1. The van der Waals surface area contributed by atoms with Gasteiger partial charge in [0.1, 0.15) is 6.10 Å². The zero-order valence-electron chi connectivity index (χ0n) is 10.3. The van der Waals surface area contributed by atoms with Gasteiger partial charge < -0.3 is 4.74 Å². The van der Waals surface area contributed by atoms with E-state index in [2.05, 4.69) is 15.9 Å². The second-order valence-electron chi connectivity index (χ2n) is 4.64. The van der Waals surface area contributed by atoms with Crippen LogP contribution in [0.1, 0.15) is 42.1 Å². The average Bonchev–Trinajstić information content (AvgIpc) is 2.50. The lowest BCUT2D eigenvalue weighted by atomic mass is 9.99. The highest BCUT2D eigenvalue weighted by Gasteiger charge is 2.24. The first-order valence-corrected chi connectivity index (χ1v) is 6.80. The molecule has 0 aliphatic carbocycles. The SMILES string of the molecule is Cc1cc(C2OCCCCC2=O)cc(C)c1Br. The third kappa shape index (κ3) is 2.78. The summed E-state index contributed by atoms with van der Waals surface area (Å²) < 4.78 is 6.80. The maximum absolute atomic E-state index is 12.0. The normalized spacial score (nSPS) is 21.4. The van der Waals surface area contributed by atoms with Crippen molar-refractivity contribution in [3.8, 4) is 0 Å². The van der Waals surface area contributed by atoms with E-state index in [1.54, 1.807) is 0 Å². The Morgan fingerprint density at radius 3 is 2.53 bits per heavy atom. The second kappa shape index (κ2) is 5.32. The van der Waals surface area contributed by atoms with Gasteiger partial charge in [0.25, 0.3) is 0 Å². The fourth-order valence-corrected chi connectivity index (χ4v) is 2.47. The maximum atomic E-state index is 12.0. The molecule has 1 unspecified atom stereocenters. The molecule has 0 aromatic heterocycles. The Hall–Kier alpha value is -0.670. The molecule has 1 aromatic rings. The van der Waals surface area contributed by atoms with Crippen molar-refractivity contribution in [3.63, 3.8) is 0 Å². The summed E-state index contributed by atoms with van der Waals surface area (Å²) in [6, 6.07) is 4.09. The molecule has 1 aliphatic heterocycles. The van der Waals surface area contributed by atoms with Crippen molar-refractivity contribution in [3.05, 3.63) is 33.3 Å². The van der Waals surface area contributed by atoms with Crippen molar-refractivity contribution in [2.24, 2.45) is 0 Å². The summed E-state index contributed by atoms with van der Waals surface area (Å²) in [6.07, 6.45) is 2.21. The van der Waals surface area contributed by atoms with E-state index in [-0.39, 0.29) is 11.9 Å². The van der Waals surface area contributed by atoms with Gasteiger partial charge in [-0.3, -0.25) is 4.79 Å². The first kappa shape index (κ1) is 12.8. The van der Waals surface area contributed by atoms with Crippen LogP contribution in [0.15, 0.2) is 16.6 Å². The molecule has 0 amide bonds. The van der Waals surface area contributed by atoms with Gasteiger partial charge in [-0.15, -0.1) is 0 Å². The lowest BCUT2D eigenvalue weighted by molar-refractivity contribution is -0.129. The fourth-order valence-electron chi connectivity index (χ4n) is 2.24. The monoisotopic (exact) mass is 296 g/mol. The lowest BCUT2D eigenvalue weighted by Crippen LogP contribution is -2.14. The van der Waals surface area contributed by atoms with E-state index in [1.165, 1.54) is 0 Å². The van der Waals surface area contributed by atoms with Gasteiger partial charge in [0.15, 0.2) is 5.78 Å². The highest BCUT2D eigenvalue weighted by molar-refractivity contribution is 9.10. The van der Waals surface area contributed by atoms with Gasteiger partial charge in [-0.2, -0.15) is 0 Å². The molecule has 0 spiro atoms. The number of carbonyl (C=O) groups excluding carboxylic acids is 1. The van der Waals surface area contributed by atoms with Gasteiger partial charge in [-0.25, -0.2) is 0 Å².